The second-order valence-corrected chi connectivity index (χ2v) is 8.17. The van der Waals surface area contributed by atoms with E-state index in [-0.39, 0.29) is 5.91 Å². The predicted molar refractivity (Wildman–Crippen MR) is 114 cm³/mol. The van der Waals surface area contributed by atoms with Crippen LogP contribution >= 0.6 is 51.5 Å². The molecule has 1 heterocycles. The first-order chi connectivity index (χ1) is 12.4. The third-order valence-corrected chi connectivity index (χ3v) is 6.20. The third kappa shape index (κ3) is 3.76. The molecule has 26 heavy (non-hydrogen) atoms. The molecule has 0 saturated carbocycles. The number of ether oxygens (including phenoxy) is 2. The van der Waals surface area contributed by atoms with E-state index >= 15 is 0 Å². The number of hydrogen-bond acceptors (Lipinski definition) is 5. The number of thioether (sulfide) groups is 1. The lowest BCUT2D eigenvalue weighted by molar-refractivity contribution is -0.113. The number of carbonyl (C=O) groups is 1. The highest BCUT2D eigenvalue weighted by molar-refractivity contribution is 9.10. The molecule has 2 aromatic rings. The quantitative estimate of drug-likeness (QED) is 0.434. The zero-order valence-corrected chi connectivity index (χ0v) is 17.8. The van der Waals surface area contributed by atoms with Crippen LogP contribution in [0, 0.1) is 0 Å². The molecule has 4 nitrogen and oxygen atoms in total. The van der Waals surface area contributed by atoms with Crippen molar-refractivity contribution in [2.45, 2.75) is 0 Å². The van der Waals surface area contributed by atoms with Crippen LogP contribution in [-0.4, -0.2) is 24.4 Å². The van der Waals surface area contributed by atoms with Crippen LogP contribution in [0.4, 0.5) is 5.69 Å². The SMILES string of the molecule is COc1ccc(/C=C2/SC(=S)N(c3ccc(Br)c(Cl)c3)C2=O)cc1OC. The van der Waals surface area contributed by atoms with Crippen LogP contribution < -0.4 is 14.4 Å². The second-order valence-electron chi connectivity index (χ2n) is 5.23. The van der Waals surface area contributed by atoms with Crippen molar-refractivity contribution in [3.8, 4) is 11.5 Å². The molecular weight excluding hydrogens is 458 g/mol. The Labute approximate surface area is 174 Å². The smallest absolute Gasteiger partial charge is 0.270 e. The summed E-state index contributed by atoms with van der Waals surface area (Å²) in [7, 11) is 3.14. The van der Waals surface area contributed by atoms with Crippen molar-refractivity contribution in [1.29, 1.82) is 0 Å². The molecule has 0 unspecified atom stereocenters. The summed E-state index contributed by atoms with van der Waals surface area (Å²) in [5, 5.41) is 0.514. The number of carbonyl (C=O) groups excluding carboxylic acids is 1. The Morgan fingerprint density at radius 1 is 1.15 bits per heavy atom. The zero-order valence-electron chi connectivity index (χ0n) is 13.8. The monoisotopic (exact) mass is 469 g/mol. The molecule has 0 radical (unpaired) electrons. The fourth-order valence-corrected chi connectivity index (χ4v) is 4.13. The van der Waals surface area contributed by atoms with E-state index in [1.54, 1.807) is 44.6 Å². The van der Waals surface area contributed by atoms with Gasteiger partial charge in [0, 0.05) is 4.47 Å². The maximum absolute atomic E-state index is 12.8. The largest absolute Gasteiger partial charge is 0.493 e. The summed E-state index contributed by atoms with van der Waals surface area (Å²) in [4.78, 5) is 14.8. The lowest BCUT2D eigenvalue weighted by atomic mass is 10.2. The first-order valence-corrected chi connectivity index (χ1v) is 9.79. The highest BCUT2D eigenvalue weighted by Crippen LogP contribution is 2.38. The van der Waals surface area contributed by atoms with Gasteiger partial charge < -0.3 is 9.47 Å². The average molecular weight is 471 g/mol. The van der Waals surface area contributed by atoms with Gasteiger partial charge in [-0.25, -0.2) is 0 Å². The van der Waals surface area contributed by atoms with E-state index in [1.165, 1.54) is 16.7 Å². The summed E-state index contributed by atoms with van der Waals surface area (Å²) in [6.45, 7) is 0. The summed E-state index contributed by atoms with van der Waals surface area (Å²) >= 11 is 16.1. The number of nitrogens with zero attached hydrogens (tertiary/aromatic N) is 1. The van der Waals surface area contributed by atoms with Crippen molar-refractivity contribution in [3.05, 3.63) is 56.4 Å². The van der Waals surface area contributed by atoms with Crippen molar-refractivity contribution in [2.24, 2.45) is 0 Å². The van der Waals surface area contributed by atoms with Gasteiger partial charge in [-0.3, -0.25) is 9.69 Å². The van der Waals surface area contributed by atoms with Crippen LogP contribution in [0.15, 0.2) is 45.8 Å². The van der Waals surface area contributed by atoms with Crippen LogP contribution in [0.1, 0.15) is 5.56 Å². The Morgan fingerprint density at radius 3 is 2.54 bits per heavy atom. The van der Waals surface area contributed by atoms with Crippen LogP contribution in [0.25, 0.3) is 6.08 Å². The highest BCUT2D eigenvalue weighted by Gasteiger charge is 2.33. The zero-order chi connectivity index (χ0) is 18.8. The Balaban J connectivity index is 1.93. The van der Waals surface area contributed by atoms with Crippen molar-refractivity contribution in [3.63, 3.8) is 0 Å². The number of amides is 1. The molecule has 134 valence electrons. The van der Waals surface area contributed by atoms with Crippen LogP contribution in [0.3, 0.4) is 0 Å². The molecular formula is C18H13BrClNO3S2. The molecule has 1 amide bonds. The molecule has 1 saturated heterocycles. The maximum atomic E-state index is 12.8. The maximum Gasteiger partial charge on any atom is 0.270 e. The number of anilines is 1. The molecule has 0 spiro atoms. The van der Waals surface area contributed by atoms with Crippen molar-refractivity contribution < 1.29 is 14.3 Å². The molecule has 0 N–H and O–H groups in total. The molecule has 0 atom stereocenters. The van der Waals surface area contributed by atoms with Gasteiger partial charge in [0.15, 0.2) is 15.8 Å². The van der Waals surface area contributed by atoms with Crippen LogP contribution in [-0.2, 0) is 4.79 Å². The van der Waals surface area contributed by atoms with E-state index in [4.69, 9.17) is 33.3 Å². The molecule has 1 aliphatic rings. The van der Waals surface area contributed by atoms with Gasteiger partial charge in [0.05, 0.1) is 29.8 Å². The predicted octanol–water partition coefficient (Wildman–Crippen LogP) is 5.53. The van der Waals surface area contributed by atoms with Gasteiger partial charge in [-0.2, -0.15) is 0 Å². The Morgan fingerprint density at radius 2 is 1.88 bits per heavy atom. The van der Waals surface area contributed by atoms with Gasteiger partial charge in [0.1, 0.15) is 0 Å². The summed E-state index contributed by atoms with van der Waals surface area (Å²) in [5.74, 6) is 1.03. The Bertz CT molecular complexity index is 933. The first-order valence-electron chi connectivity index (χ1n) is 7.39. The number of halogens is 2. The van der Waals surface area contributed by atoms with E-state index in [1.807, 2.05) is 12.1 Å². The molecule has 1 fully saturated rings. The minimum Gasteiger partial charge on any atom is -0.493 e. The molecule has 0 bridgehead atoms. The van der Waals surface area contributed by atoms with Crippen molar-refractivity contribution in [2.75, 3.05) is 19.1 Å². The lowest BCUT2D eigenvalue weighted by Gasteiger charge is -2.15. The minimum atomic E-state index is -0.187. The van der Waals surface area contributed by atoms with Gasteiger partial charge >= 0.3 is 0 Å². The lowest BCUT2D eigenvalue weighted by Crippen LogP contribution is -2.27. The van der Waals surface area contributed by atoms with Gasteiger partial charge in [-0.05, 0) is 57.9 Å². The van der Waals surface area contributed by atoms with Gasteiger partial charge in [-0.15, -0.1) is 0 Å². The van der Waals surface area contributed by atoms with Gasteiger partial charge in [0.2, 0.25) is 0 Å². The molecule has 0 aromatic heterocycles. The van der Waals surface area contributed by atoms with Gasteiger partial charge in [-0.1, -0.05) is 41.6 Å². The molecule has 8 heteroatoms. The van der Waals surface area contributed by atoms with E-state index in [2.05, 4.69) is 15.9 Å². The normalized spacial score (nSPS) is 15.7. The van der Waals surface area contributed by atoms with E-state index in [9.17, 15) is 4.79 Å². The third-order valence-electron chi connectivity index (χ3n) is 3.66. The summed E-state index contributed by atoms with van der Waals surface area (Å²) in [6, 6.07) is 10.7. The molecule has 1 aliphatic heterocycles. The molecule has 2 aromatic carbocycles. The van der Waals surface area contributed by atoms with E-state index in [0.29, 0.717) is 31.4 Å². The highest BCUT2D eigenvalue weighted by atomic mass is 79.9. The molecule has 0 aliphatic carbocycles. The first kappa shape index (κ1) is 19.2. The summed E-state index contributed by atoms with van der Waals surface area (Å²) in [6.07, 6.45) is 1.78. The van der Waals surface area contributed by atoms with Gasteiger partial charge in [0.25, 0.3) is 5.91 Å². The number of benzene rings is 2. The topological polar surface area (TPSA) is 38.8 Å². The minimum absolute atomic E-state index is 0.187. The van der Waals surface area contributed by atoms with Crippen molar-refractivity contribution >= 4 is 73.5 Å². The number of thiocarbonyl (C=S) groups is 1. The average Bonchev–Trinajstić information content (AvgIpc) is 2.91. The van der Waals surface area contributed by atoms with Crippen LogP contribution in [0.2, 0.25) is 5.02 Å². The van der Waals surface area contributed by atoms with E-state index < -0.39 is 0 Å². The fraction of sp³-hybridized carbons (Fsp3) is 0.111. The summed E-state index contributed by atoms with van der Waals surface area (Å²) < 4.78 is 11.8. The second kappa shape index (κ2) is 8.00. The Kier molecular flexibility index (Phi) is 5.92. The number of methoxy groups -OCH3 is 2. The fourth-order valence-electron chi connectivity index (χ4n) is 2.41. The number of rotatable bonds is 4. The van der Waals surface area contributed by atoms with E-state index in [0.717, 1.165) is 10.0 Å². The summed E-state index contributed by atoms with van der Waals surface area (Å²) in [5.41, 5.74) is 1.45. The Hall–Kier alpha value is -1.54. The molecule has 3 rings (SSSR count). The van der Waals surface area contributed by atoms with Crippen LogP contribution in [0.5, 0.6) is 11.5 Å². The number of hydrogen-bond donors (Lipinski definition) is 0. The van der Waals surface area contributed by atoms with Crippen molar-refractivity contribution in [1.82, 2.24) is 0 Å². The standard InChI is InChI=1S/C18H13BrClNO3S2/c1-23-14-6-3-10(7-15(14)24-2)8-16-17(22)21(18(25)26-16)11-4-5-12(19)13(20)9-11/h3-9H,1-2H3/b16-8+.